The second kappa shape index (κ2) is 6.92. The number of carboxylic acids is 1. The van der Waals surface area contributed by atoms with Gasteiger partial charge in [-0.25, -0.2) is 0 Å². The van der Waals surface area contributed by atoms with E-state index in [9.17, 15) is 9.59 Å². The van der Waals surface area contributed by atoms with Crippen LogP contribution < -0.4 is 5.32 Å². The van der Waals surface area contributed by atoms with Crippen molar-refractivity contribution in [3.8, 4) is 0 Å². The summed E-state index contributed by atoms with van der Waals surface area (Å²) < 4.78 is 0. The number of hydrogen-bond donors (Lipinski definition) is 2. The predicted octanol–water partition coefficient (Wildman–Crippen LogP) is 3.25. The van der Waals surface area contributed by atoms with Crippen LogP contribution in [0.15, 0.2) is 24.3 Å². The van der Waals surface area contributed by atoms with Gasteiger partial charge < -0.3 is 10.4 Å². The van der Waals surface area contributed by atoms with Gasteiger partial charge in [-0.05, 0) is 24.0 Å². The van der Waals surface area contributed by atoms with Crippen LogP contribution >= 0.6 is 0 Å². The van der Waals surface area contributed by atoms with Gasteiger partial charge in [-0.2, -0.15) is 0 Å². The summed E-state index contributed by atoms with van der Waals surface area (Å²) >= 11 is 0. The molecule has 0 radical (unpaired) electrons. The number of carboxylic acid groups (broad SMARTS) is 1. The quantitative estimate of drug-likeness (QED) is 0.828. The van der Waals surface area contributed by atoms with Crippen molar-refractivity contribution in [1.82, 2.24) is 0 Å². The maximum Gasteiger partial charge on any atom is 0.307 e. The molecule has 0 saturated carbocycles. The van der Waals surface area contributed by atoms with Crippen molar-refractivity contribution in [2.45, 2.75) is 39.5 Å². The van der Waals surface area contributed by atoms with Gasteiger partial charge in [-0.3, -0.25) is 9.59 Å². The first-order chi connectivity index (χ1) is 8.95. The summed E-state index contributed by atoms with van der Waals surface area (Å²) in [6.45, 7) is 5.88. The van der Waals surface area contributed by atoms with Crippen LogP contribution in [0.5, 0.6) is 0 Å². The summed E-state index contributed by atoms with van der Waals surface area (Å²) in [6, 6.07) is 7.59. The average molecular weight is 263 g/mol. The SMILES string of the molecule is CCC(CC(=O)Nc1ccccc1C(C)C)C(=O)O. The number of amides is 1. The third kappa shape index (κ3) is 4.39. The molecule has 0 aromatic heterocycles. The summed E-state index contributed by atoms with van der Waals surface area (Å²) in [7, 11) is 0. The molecular formula is C15H21NO3. The minimum atomic E-state index is -0.921. The molecule has 1 rings (SSSR count). The lowest BCUT2D eigenvalue weighted by molar-refractivity contribution is -0.143. The molecule has 1 atom stereocenters. The molecule has 0 bridgehead atoms. The first kappa shape index (κ1) is 15.2. The molecule has 1 amide bonds. The Labute approximate surface area is 113 Å². The molecule has 4 heteroatoms. The standard InChI is InChI=1S/C15H21NO3/c1-4-11(15(18)19)9-14(17)16-13-8-6-5-7-12(13)10(2)3/h5-8,10-11H,4,9H2,1-3H3,(H,16,17)(H,18,19). The minimum absolute atomic E-state index is 0.0122. The molecule has 4 nitrogen and oxygen atoms in total. The zero-order valence-electron chi connectivity index (χ0n) is 11.6. The first-order valence-corrected chi connectivity index (χ1v) is 6.57. The third-order valence-corrected chi connectivity index (χ3v) is 3.13. The normalized spacial score (nSPS) is 12.2. The predicted molar refractivity (Wildman–Crippen MR) is 75.2 cm³/mol. The Bertz CT molecular complexity index is 454. The molecular weight excluding hydrogens is 242 g/mol. The number of para-hydroxylation sites is 1. The fraction of sp³-hybridized carbons (Fsp3) is 0.467. The highest BCUT2D eigenvalue weighted by Gasteiger charge is 2.19. The number of anilines is 1. The van der Waals surface area contributed by atoms with Crippen molar-refractivity contribution < 1.29 is 14.7 Å². The molecule has 1 aromatic carbocycles. The second-order valence-electron chi connectivity index (χ2n) is 4.94. The van der Waals surface area contributed by atoms with Gasteiger partial charge in [0.05, 0.1) is 5.92 Å². The van der Waals surface area contributed by atoms with Gasteiger partial charge in [0.2, 0.25) is 5.91 Å². The van der Waals surface area contributed by atoms with E-state index in [0.717, 1.165) is 11.3 Å². The van der Waals surface area contributed by atoms with Gasteiger partial charge in [-0.1, -0.05) is 39.0 Å². The lowest BCUT2D eigenvalue weighted by atomic mass is 10.00. The van der Waals surface area contributed by atoms with Crippen molar-refractivity contribution >= 4 is 17.6 Å². The van der Waals surface area contributed by atoms with Gasteiger partial charge in [-0.15, -0.1) is 0 Å². The fourth-order valence-corrected chi connectivity index (χ4v) is 1.95. The number of aliphatic carboxylic acids is 1. The van der Waals surface area contributed by atoms with Crippen LogP contribution in [-0.2, 0) is 9.59 Å². The topological polar surface area (TPSA) is 66.4 Å². The van der Waals surface area contributed by atoms with Crippen LogP contribution in [0.2, 0.25) is 0 Å². The smallest absolute Gasteiger partial charge is 0.307 e. The molecule has 0 aliphatic carbocycles. The van der Waals surface area contributed by atoms with Crippen molar-refractivity contribution in [1.29, 1.82) is 0 Å². The number of carbonyl (C=O) groups is 2. The molecule has 2 N–H and O–H groups in total. The number of benzene rings is 1. The van der Waals surface area contributed by atoms with Crippen LogP contribution in [0.4, 0.5) is 5.69 Å². The lowest BCUT2D eigenvalue weighted by Crippen LogP contribution is -2.22. The summed E-state index contributed by atoms with van der Waals surface area (Å²) in [5.74, 6) is -1.48. The van der Waals surface area contributed by atoms with Gasteiger partial charge in [0.25, 0.3) is 0 Å². The van der Waals surface area contributed by atoms with E-state index >= 15 is 0 Å². The highest BCUT2D eigenvalue weighted by atomic mass is 16.4. The highest BCUT2D eigenvalue weighted by molar-refractivity contribution is 5.93. The Balaban J connectivity index is 2.74. The van der Waals surface area contributed by atoms with E-state index in [1.54, 1.807) is 6.92 Å². The third-order valence-electron chi connectivity index (χ3n) is 3.13. The highest BCUT2D eigenvalue weighted by Crippen LogP contribution is 2.24. The Kier molecular flexibility index (Phi) is 5.55. The first-order valence-electron chi connectivity index (χ1n) is 6.57. The molecule has 1 unspecified atom stereocenters. The number of hydrogen-bond acceptors (Lipinski definition) is 2. The lowest BCUT2D eigenvalue weighted by Gasteiger charge is -2.15. The molecule has 1 aromatic rings. The number of nitrogens with one attached hydrogen (secondary N) is 1. The van der Waals surface area contributed by atoms with E-state index < -0.39 is 11.9 Å². The summed E-state index contributed by atoms with van der Waals surface area (Å²) in [5.41, 5.74) is 1.82. The zero-order valence-corrected chi connectivity index (χ0v) is 11.6. The van der Waals surface area contributed by atoms with Crippen LogP contribution in [0.1, 0.15) is 45.1 Å². The van der Waals surface area contributed by atoms with Crippen LogP contribution in [-0.4, -0.2) is 17.0 Å². The molecule has 19 heavy (non-hydrogen) atoms. The maximum absolute atomic E-state index is 11.9. The van der Waals surface area contributed by atoms with E-state index in [-0.39, 0.29) is 12.3 Å². The molecule has 0 aliphatic rings. The minimum Gasteiger partial charge on any atom is -0.481 e. The summed E-state index contributed by atoms with van der Waals surface area (Å²) in [4.78, 5) is 22.8. The number of carbonyl (C=O) groups excluding carboxylic acids is 1. The van der Waals surface area contributed by atoms with E-state index in [0.29, 0.717) is 12.3 Å². The van der Waals surface area contributed by atoms with Crippen LogP contribution in [0.3, 0.4) is 0 Å². The van der Waals surface area contributed by atoms with Gasteiger partial charge >= 0.3 is 5.97 Å². The maximum atomic E-state index is 11.9. The summed E-state index contributed by atoms with van der Waals surface area (Å²) in [5, 5.41) is 11.8. The Morgan fingerprint density at radius 2 is 1.89 bits per heavy atom. The Hall–Kier alpha value is -1.84. The van der Waals surface area contributed by atoms with E-state index in [4.69, 9.17) is 5.11 Å². The van der Waals surface area contributed by atoms with Crippen molar-refractivity contribution in [2.75, 3.05) is 5.32 Å². The van der Waals surface area contributed by atoms with Crippen molar-refractivity contribution in [2.24, 2.45) is 5.92 Å². The fourth-order valence-electron chi connectivity index (χ4n) is 1.95. The second-order valence-corrected chi connectivity index (χ2v) is 4.94. The van der Waals surface area contributed by atoms with Gasteiger partial charge in [0.15, 0.2) is 0 Å². The van der Waals surface area contributed by atoms with E-state index in [2.05, 4.69) is 19.2 Å². The Morgan fingerprint density at radius 3 is 2.42 bits per heavy atom. The van der Waals surface area contributed by atoms with Gasteiger partial charge in [0, 0.05) is 12.1 Å². The van der Waals surface area contributed by atoms with Gasteiger partial charge in [0.1, 0.15) is 0 Å². The number of rotatable bonds is 6. The molecule has 0 heterocycles. The molecule has 0 saturated heterocycles. The largest absolute Gasteiger partial charge is 0.481 e. The molecule has 104 valence electrons. The summed E-state index contributed by atoms with van der Waals surface area (Å²) in [6.07, 6.45) is 0.465. The van der Waals surface area contributed by atoms with Crippen LogP contribution in [0, 0.1) is 5.92 Å². The van der Waals surface area contributed by atoms with Crippen LogP contribution in [0.25, 0.3) is 0 Å². The van der Waals surface area contributed by atoms with Crippen molar-refractivity contribution in [3.63, 3.8) is 0 Å². The molecule has 0 aliphatic heterocycles. The molecule has 0 fully saturated rings. The Morgan fingerprint density at radius 1 is 1.26 bits per heavy atom. The zero-order chi connectivity index (χ0) is 14.4. The van der Waals surface area contributed by atoms with Crippen molar-refractivity contribution in [3.05, 3.63) is 29.8 Å². The average Bonchev–Trinajstić information content (AvgIpc) is 2.35. The molecule has 0 spiro atoms. The van der Waals surface area contributed by atoms with E-state index in [1.165, 1.54) is 0 Å². The van der Waals surface area contributed by atoms with E-state index in [1.807, 2.05) is 24.3 Å². The monoisotopic (exact) mass is 263 g/mol.